The Morgan fingerprint density at radius 1 is 1.00 bits per heavy atom. The lowest BCUT2D eigenvalue weighted by Gasteiger charge is -2.54. The maximum atomic E-state index is 13.4. The summed E-state index contributed by atoms with van der Waals surface area (Å²) in [5.41, 5.74) is -1.41. The summed E-state index contributed by atoms with van der Waals surface area (Å²) in [5, 5.41) is 21.1. The second-order valence-electron chi connectivity index (χ2n) is 11.2. The van der Waals surface area contributed by atoms with E-state index in [0.717, 1.165) is 37.0 Å². The summed E-state index contributed by atoms with van der Waals surface area (Å²) < 4.78 is 0. The molecule has 8 heteroatoms. The SMILES string of the molecule is C[C@H](CC1CCCCC1)C(=O)N1CCC(O)(CN2CCN(C(=O)O)CC2=O)C2(CCCC2)C1. The molecule has 0 aromatic rings. The van der Waals surface area contributed by atoms with Gasteiger partial charge in [-0.05, 0) is 31.6 Å². The van der Waals surface area contributed by atoms with Crippen molar-refractivity contribution in [3.63, 3.8) is 0 Å². The fourth-order valence-corrected chi connectivity index (χ4v) is 6.98. The Hall–Kier alpha value is -1.83. The second kappa shape index (κ2) is 9.80. The molecule has 2 N–H and O–H groups in total. The van der Waals surface area contributed by atoms with Gasteiger partial charge in [0.2, 0.25) is 11.8 Å². The van der Waals surface area contributed by atoms with Gasteiger partial charge in [-0.2, -0.15) is 0 Å². The molecule has 8 nitrogen and oxygen atoms in total. The van der Waals surface area contributed by atoms with Crippen molar-refractivity contribution in [2.24, 2.45) is 17.3 Å². The van der Waals surface area contributed by atoms with E-state index in [4.69, 9.17) is 0 Å². The third kappa shape index (κ3) is 5.00. The van der Waals surface area contributed by atoms with E-state index in [1.165, 1.54) is 32.1 Å². The van der Waals surface area contributed by atoms with Crippen molar-refractivity contribution in [3.05, 3.63) is 0 Å². The average Bonchev–Trinajstić information content (AvgIpc) is 3.27. The standard InChI is InChI=1S/C25H41N3O5/c1-19(15-20-7-3-2-4-8-20)22(30)28-12-11-25(33,24(17-28)9-5-6-10-24)18-27-14-13-26(23(31)32)16-21(27)29/h19-20,33H,2-18H2,1H3,(H,31,32)/t19-,25?/m1/s1. The van der Waals surface area contributed by atoms with Crippen LogP contribution >= 0.6 is 0 Å². The van der Waals surface area contributed by atoms with Crippen molar-refractivity contribution < 1.29 is 24.6 Å². The van der Waals surface area contributed by atoms with Gasteiger partial charge in [0, 0.05) is 37.5 Å². The molecule has 33 heavy (non-hydrogen) atoms. The molecular formula is C25H41N3O5. The van der Waals surface area contributed by atoms with Crippen LogP contribution in [0.3, 0.4) is 0 Å². The highest BCUT2D eigenvalue weighted by molar-refractivity contribution is 5.83. The number of carbonyl (C=O) groups excluding carboxylic acids is 2. The summed E-state index contributed by atoms with van der Waals surface area (Å²) in [5.74, 6) is 0.656. The molecule has 2 saturated heterocycles. The molecule has 0 aromatic carbocycles. The molecular weight excluding hydrogens is 422 g/mol. The van der Waals surface area contributed by atoms with E-state index in [1.54, 1.807) is 4.90 Å². The van der Waals surface area contributed by atoms with Gasteiger partial charge in [0.1, 0.15) is 6.54 Å². The van der Waals surface area contributed by atoms with Gasteiger partial charge in [-0.3, -0.25) is 14.5 Å². The lowest BCUT2D eigenvalue weighted by molar-refractivity contribution is -0.171. The normalized spacial score (nSPS) is 29.5. The smallest absolute Gasteiger partial charge is 0.407 e. The van der Waals surface area contributed by atoms with Gasteiger partial charge in [-0.25, -0.2) is 4.79 Å². The number of aliphatic hydroxyl groups is 1. The van der Waals surface area contributed by atoms with E-state index < -0.39 is 11.7 Å². The number of β-amino-alcohol motifs (C(OH)–C–C–N with tert-alkyl or cyclic N) is 1. The highest BCUT2D eigenvalue weighted by Crippen LogP contribution is 2.51. The van der Waals surface area contributed by atoms with Crippen molar-refractivity contribution in [1.82, 2.24) is 14.7 Å². The Balaban J connectivity index is 1.41. The lowest BCUT2D eigenvalue weighted by atomic mass is 9.65. The minimum Gasteiger partial charge on any atom is -0.465 e. The second-order valence-corrected chi connectivity index (χ2v) is 11.2. The van der Waals surface area contributed by atoms with Gasteiger partial charge in [0.05, 0.1) is 12.1 Å². The van der Waals surface area contributed by atoms with Crippen molar-refractivity contribution in [2.45, 2.75) is 83.2 Å². The van der Waals surface area contributed by atoms with Crippen LogP contribution in [0.5, 0.6) is 0 Å². The summed E-state index contributed by atoms with van der Waals surface area (Å²) in [6.07, 6.45) is 10.5. The highest BCUT2D eigenvalue weighted by Gasteiger charge is 2.56. The number of likely N-dealkylation sites (tertiary alicyclic amines) is 1. The number of hydrogen-bond acceptors (Lipinski definition) is 4. The van der Waals surface area contributed by atoms with E-state index in [0.29, 0.717) is 32.0 Å². The largest absolute Gasteiger partial charge is 0.465 e. The van der Waals surface area contributed by atoms with Gasteiger partial charge in [0.25, 0.3) is 0 Å². The Morgan fingerprint density at radius 2 is 1.70 bits per heavy atom. The molecule has 4 aliphatic rings. The number of piperazine rings is 1. The Kier molecular flexibility index (Phi) is 7.22. The first kappa shape index (κ1) is 24.3. The fourth-order valence-electron chi connectivity index (χ4n) is 6.98. The number of hydrogen-bond donors (Lipinski definition) is 2. The molecule has 4 fully saturated rings. The van der Waals surface area contributed by atoms with E-state index >= 15 is 0 Å². The Morgan fingerprint density at radius 3 is 2.33 bits per heavy atom. The van der Waals surface area contributed by atoms with Crippen molar-refractivity contribution in [2.75, 3.05) is 39.3 Å². The topological polar surface area (TPSA) is 101 Å². The zero-order valence-electron chi connectivity index (χ0n) is 20.1. The minimum absolute atomic E-state index is 0.0171. The molecule has 2 atom stereocenters. The molecule has 2 aliphatic carbocycles. The quantitative estimate of drug-likeness (QED) is 0.653. The van der Waals surface area contributed by atoms with Crippen molar-refractivity contribution in [3.8, 4) is 0 Å². The van der Waals surface area contributed by atoms with Crippen LogP contribution in [0.1, 0.15) is 77.6 Å². The van der Waals surface area contributed by atoms with E-state index in [-0.39, 0.29) is 42.8 Å². The average molecular weight is 464 g/mol. The molecule has 1 unspecified atom stereocenters. The predicted octanol–water partition coefficient (Wildman–Crippen LogP) is 2.94. The fraction of sp³-hybridized carbons (Fsp3) is 0.880. The first-order chi connectivity index (χ1) is 15.7. The van der Waals surface area contributed by atoms with Crippen molar-refractivity contribution in [1.29, 1.82) is 0 Å². The van der Waals surface area contributed by atoms with Gasteiger partial charge in [-0.1, -0.05) is 51.9 Å². The molecule has 2 saturated carbocycles. The lowest BCUT2D eigenvalue weighted by Crippen LogP contribution is -2.66. The molecule has 186 valence electrons. The monoisotopic (exact) mass is 463 g/mol. The molecule has 0 bridgehead atoms. The van der Waals surface area contributed by atoms with Crippen LogP contribution in [-0.2, 0) is 9.59 Å². The number of carboxylic acid groups (broad SMARTS) is 1. The van der Waals surface area contributed by atoms with Gasteiger partial charge < -0.3 is 20.0 Å². The van der Waals surface area contributed by atoms with E-state index in [9.17, 15) is 24.6 Å². The molecule has 2 aliphatic heterocycles. The number of nitrogens with zero attached hydrogens (tertiary/aromatic N) is 3. The minimum atomic E-state index is -1.08. The maximum absolute atomic E-state index is 13.4. The zero-order chi connectivity index (χ0) is 23.6. The summed E-state index contributed by atoms with van der Waals surface area (Å²) in [6, 6.07) is 0. The molecule has 0 radical (unpaired) electrons. The summed E-state index contributed by atoms with van der Waals surface area (Å²) in [7, 11) is 0. The summed E-state index contributed by atoms with van der Waals surface area (Å²) in [4.78, 5) is 42.0. The molecule has 3 amide bonds. The first-order valence-corrected chi connectivity index (χ1v) is 13.0. The van der Waals surface area contributed by atoms with Crippen LogP contribution in [0.4, 0.5) is 4.79 Å². The van der Waals surface area contributed by atoms with Gasteiger partial charge >= 0.3 is 6.09 Å². The molecule has 4 rings (SSSR count). The van der Waals surface area contributed by atoms with Crippen LogP contribution in [0.2, 0.25) is 0 Å². The Labute approximate surface area is 197 Å². The van der Waals surface area contributed by atoms with Crippen LogP contribution in [-0.4, -0.2) is 87.7 Å². The molecule has 2 heterocycles. The van der Waals surface area contributed by atoms with Crippen LogP contribution < -0.4 is 0 Å². The highest BCUT2D eigenvalue weighted by atomic mass is 16.4. The number of piperidine rings is 1. The zero-order valence-corrected chi connectivity index (χ0v) is 20.1. The summed E-state index contributed by atoms with van der Waals surface area (Å²) in [6.45, 7) is 3.83. The van der Waals surface area contributed by atoms with Crippen LogP contribution in [0.15, 0.2) is 0 Å². The van der Waals surface area contributed by atoms with Gasteiger partial charge in [0.15, 0.2) is 0 Å². The van der Waals surface area contributed by atoms with E-state index in [2.05, 4.69) is 6.92 Å². The third-order valence-corrected chi connectivity index (χ3v) is 9.02. The number of amides is 3. The number of rotatable bonds is 5. The predicted molar refractivity (Wildman–Crippen MR) is 124 cm³/mol. The van der Waals surface area contributed by atoms with Crippen LogP contribution in [0.25, 0.3) is 0 Å². The van der Waals surface area contributed by atoms with Crippen molar-refractivity contribution >= 4 is 17.9 Å². The molecule has 1 spiro atoms. The Bertz CT molecular complexity index is 746. The van der Waals surface area contributed by atoms with E-state index in [1.807, 2.05) is 4.90 Å². The third-order valence-electron chi connectivity index (χ3n) is 9.02. The number of carbonyl (C=O) groups is 3. The maximum Gasteiger partial charge on any atom is 0.407 e. The summed E-state index contributed by atoms with van der Waals surface area (Å²) >= 11 is 0. The van der Waals surface area contributed by atoms with Gasteiger partial charge in [-0.15, -0.1) is 0 Å². The van der Waals surface area contributed by atoms with Crippen LogP contribution in [0, 0.1) is 17.3 Å². The molecule has 0 aromatic heterocycles. The first-order valence-electron chi connectivity index (χ1n) is 13.0.